The Morgan fingerprint density at radius 1 is 1.60 bits per heavy atom. The van der Waals surface area contributed by atoms with Gasteiger partial charge in [-0.15, -0.1) is 0 Å². The molecule has 1 N–H and O–H groups in total. The lowest BCUT2D eigenvalue weighted by Crippen LogP contribution is -2.41. The van der Waals surface area contributed by atoms with Crippen LogP contribution in [-0.4, -0.2) is 56.7 Å². The smallest absolute Gasteiger partial charge is 0.167 e. The van der Waals surface area contributed by atoms with Crippen LogP contribution in [0.4, 0.5) is 10.2 Å². The van der Waals surface area contributed by atoms with E-state index in [4.69, 9.17) is 11.6 Å². The van der Waals surface area contributed by atoms with Gasteiger partial charge in [-0.25, -0.2) is 9.37 Å². The van der Waals surface area contributed by atoms with Crippen LogP contribution in [0.25, 0.3) is 0 Å². The molecule has 4 nitrogen and oxygen atoms in total. The van der Waals surface area contributed by atoms with Crippen LogP contribution in [0.5, 0.6) is 0 Å². The summed E-state index contributed by atoms with van der Waals surface area (Å²) in [5.41, 5.74) is 0.192. The summed E-state index contributed by atoms with van der Waals surface area (Å²) in [5.74, 6) is 0.647. The fourth-order valence-electron chi connectivity index (χ4n) is 3.68. The highest BCUT2D eigenvalue weighted by molar-refractivity contribution is 6.30. The van der Waals surface area contributed by atoms with Crippen molar-refractivity contribution in [3.63, 3.8) is 0 Å². The molecule has 3 rings (SSSR count). The van der Waals surface area contributed by atoms with Gasteiger partial charge in [-0.3, -0.25) is 0 Å². The Bertz CT molecular complexity index is 510. The predicted octanol–water partition coefficient (Wildman–Crippen LogP) is 1.46. The molecule has 0 aliphatic carbocycles. The van der Waals surface area contributed by atoms with E-state index in [1.807, 2.05) is 0 Å². The van der Waals surface area contributed by atoms with Gasteiger partial charge >= 0.3 is 0 Å². The number of rotatable bonds is 3. The predicted molar refractivity (Wildman–Crippen MR) is 78.8 cm³/mol. The summed E-state index contributed by atoms with van der Waals surface area (Å²) >= 11 is 5.78. The average molecular weight is 299 g/mol. The zero-order valence-electron chi connectivity index (χ0n) is 11.9. The zero-order valence-corrected chi connectivity index (χ0v) is 12.6. The van der Waals surface area contributed by atoms with E-state index in [1.54, 1.807) is 0 Å². The number of nitrogens with one attached hydrogen (secondary N) is 1. The molecule has 20 heavy (non-hydrogen) atoms. The summed E-state index contributed by atoms with van der Waals surface area (Å²) in [6.45, 7) is 4.69. The van der Waals surface area contributed by atoms with Crippen molar-refractivity contribution in [3.05, 3.63) is 23.1 Å². The second-order valence-electron chi connectivity index (χ2n) is 6.27. The maximum atomic E-state index is 14.1. The second-order valence-corrected chi connectivity index (χ2v) is 6.70. The molecule has 0 amide bonds. The van der Waals surface area contributed by atoms with E-state index < -0.39 is 0 Å². The van der Waals surface area contributed by atoms with Gasteiger partial charge in [-0.2, -0.15) is 0 Å². The van der Waals surface area contributed by atoms with E-state index in [2.05, 4.69) is 34.2 Å². The molecule has 1 aromatic rings. The molecule has 0 aromatic carbocycles. The van der Waals surface area contributed by atoms with Gasteiger partial charge < -0.3 is 15.1 Å². The van der Waals surface area contributed by atoms with Gasteiger partial charge in [0.1, 0.15) is 0 Å². The Morgan fingerprint density at radius 2 is 2.40 bits per heavy atom. The van der Waals surface area contributed by atoms with Crippen LogP contribution in [0.15, 0.2) is 12.3 Å². The first-order valence-electron chi connectivity index (χ1n) is 6.92. The quantitative estimate of drug-likeness (QED) is 0.915. The van der Waals surface area contributed by atoms with Crippen molar-refractivity contribution >= 4 is 17.4 Å². The topological polar surface area (TPSA) is 31.4 Å². The highest BCUT2D eigenvalue weighted by Gasteiger charge is 2.50. The van der Waals surface area contributed by atoms with Gasteiger partial charge in [-0.1, -0.05) is 11.6 Å². The third-order valence-electron chi connectivity index (χ3n) is 4.40. The molecule has 2 atom stereocenters. The molecule has 2 aliphatic heterocycles. The van der Waals surface area contributed by atoms with Crippen molar-refractivity contribution in [3.8, 4) is 0 Å². The maximum Gasteiger partial charge on any atom is 0.167 e. The Morgan fingerprint density at radius 3 is 3.10 bits per heavy atom. The van der Waals surface area contributed by atoms with Crippen molar-refractivity contribution in [2.24, 2.45) is 11.3 Å². The summed E-state index contributed by atoms with van der Waals surface area (Å²) in [5, 5.41) is 3.82. The Labute approximate surface area is 123 Å². The summed E-state index contributed by atoms with van der Waals surface area (Å²) in [6.07, 6.45) is 1.52. The lowest BCUT2D eigenvalue weighted by atomic mass is 9.80. The summed E-state index contributed by atoms with van der Waals surface area (Å²) in [4.78, 5) is 8.47. The minimum absolute atomic E-state index is 0.192. The number of halogens is 2. The molecule has 0 spiro atoms. The van der Waals surface area contributed by atoms with Gasteiger partial charge in [0.25, 0.3) is 0 Å². The fourth-order valence-corrected chi connectivity index (χ4v) is 3.82. The van der Waals surface area contributed by atoms with Crippen LogP contribution in [-0.2, 0) is 0 Å². The normalized spacial score (nSPS) is 29.2. The third kappa shape index (κ3) is 2.38. The van der Waals surface area contributed by atoms with Crippen molar-refractivity contribution in [1.29, 1.82) is 0 Å². The van der Waals surface area contributed by atoms with Crippen LogP contribution in [0, 0.1) is 17.2 Å². The van der Waals surface area contributed by atoms with Crippen molar-refractivity contribution < 1.29 is 4.39 Å². The number of anilines is 1. The molecule has 110 valence electrons. The van der Waals surface area contributed by atoms with Crippen molar-refractivity contribution in [2.45, 2.75) is 0 Å². The van der Waals surface area contributed by atoms with Gasteiger partial charge in [0.05, 0.1) is 5.02 Å². The van der Waals surface area contributed by atoms with E-state index in [9.17, 15) is 4.39 Å². The molecule has 2 fully saturated rings. The lowest BCUT2D eigenvalue weighted by molar-refractivity contribution is 0.205. The standard InChI is InChI=1S/C14H20ClFN4/c1-19(2)8-14-7-17-4-10(14)6-20(9-14)13-12(16)3-11(15)5-18-13/h3,5,10,17H,4,6-9H2,1-2H3. The number of nitrogens with zero attached hydrogens (tertiary/aromatic N) is 3. The highest BCUT2D eigenvalue weighted by Crippen LogP contribution is 2.41. The van der Waals surface area contributed by atoms with Gasteiger partial charge in [0.2, 0.25) is 0 Å². The molecule has 0 bridgehead atoms. The van der Waals surface area contributed by atoms with E-state index in [0.29, 0.717) is 16.8 Å². The minimum Gasteiger partial charge on any atom is -0.353 e. The Hall–Kier alpha value is -0.910. The molecule has 0 radical (unpaired) electrons. The van der Waals surface area contributed by atoms with E-state index in [-0.39, 0.29) is 11.2 Å². The molecule has 0 saturated carbocycles. The molecular weight excluding hydrogens is 279 g/mol. The third-order valence-corrected chi connectivity index (χ3v) is 4.61. The highest BCUT2D eigenvalue weighted by atomic mass is 35.5. The molecule has 1 aromatic heterocycles. The molecular formula is C14H20ClFN4. The van der Waals surface area contributed by atoms with E-state index in [0.717, 1.165) is 32.7 Å². The summed E-state index contributed by atoms with van der Waals surface area (Å²) < 4.78 is 14.1. The van der Waals surface area contributed by atoms with Crippen LogP contribution in [0.2, 0.25) is 5.02 Å². The van der Waals surface area contributed by atoms with Gasteiger partial charge in [-0.05, 0) is 26.1 Å². The number of hydrogen-bond acceptors (Lipinski definition) is 4. The first kappa shape index (κ1) is 14.0. The van der Waals surface area contributed by atoms with E-state index >= 15 is 0 Å². The SMILES string of the molecule is CN(C)CC12CNCC1CN(c1ncc(Cl)cc1F)C2. The van der Waals surface area contributed by atoms with Gasteiger partial charge in [0.15, 0.2) is 11.6 Å². The van der Waals surface area contributed by atoms with Crippen LogP contribution < -0.4 is 10.2 Å². The van der Waals surface area contributed by atoms with Crippen molar-refractivity contribution in [1.82, 2.24) is 15.2 Å². The number of pyridine rings is 1. The summed E-state index contributed by atoms with van der Waals surface area (Å²) in [7, 11) is 4.18. The maximum absolute atomic E-state index is 14.1. The zero-order chi connectivity index (χ0) is 14.3. The van der Waals surface area contributed by atoms with Crippen LogP contribution in [0.1, 0.15) is 0 Å². The minimum atomic E-state index is -0.328. The summed E-state index contributed by atoms with van der Waals surface area (Å²) in [6, 6.07) is 1.34. The van der Waals surface area contributed by atoms with Crippen LogP contribution >= 0.6 is 11.6 Å². The first-order chi connectivity index (χ1) is 9.50. The second kappa shape index (κ2) is 5.13. The fraction of sp³-hybridized carbons (Fsp3) is 0.643. The Balaban J connectivity index is 1.84. The average Bonchev–Trinajstić information content (AvgIpc) is 2.83. The monoisotopic (exact) mass is 298 g/mol. The van der Waals surface area contributed by atoms with Gasteiger partial charge in [0, 0.05) is 44.3 Å². The molecule has 2 aliphatic rings. The van der Waals surface area contributed by atoms with Crippen LogP contribution in [0.3, 0.4) is 0 Å². The first-order valence-corrected chi connectivity index (χ1v) is 7.29. The number of hydrogen-bond donors (Lipinski definition) is 1. The Kier molecular flexibility index (Phi) is 3.60. The lowest BCUT2D eigenvalue weighted by Gasteiger charge is -2.31. The molecule has 2 unspecified atom stereocenters. The van der Waals surface area contributed by atoms with E-state index in [1.165, 1.54) is 12.3 Å². The molecule has 3 heterocycles. The molecule has 6 heteroatoms. The van der Waals surface area contributed by atoms with Crippen molar-refractivity contribution in [2.75, 3.05) is 51.7 Å². The largest absolute Gasteiger partial charge is 0.353 e. The number of fused-ring (bicyclic) bond motifs is 1. The molecule has 2 saturated heterocycles. The number of aromatic nitrogens is 1.